The molecule has 1 amide bonds. The molecular formula is C15H20ClN3OS. The molecule has 2 rings (SSSR count). The van der Waals surface area contributed by atoms with Gasteiger partial charge in [0.05, 0.1) is 17.8 Å². The first kappa shape index (κ1) is 16.0. The van der Waals surface area contributed by atoms with Crippen molar-refractivity contribution < 1.29 is 4.79 Å². The van der Waals surface area contributed by atoms with Gasteiger partial charge >= 0.3 is 0 Å². The van der Waals surface area contributed by atoms with E-state index in [9.17, 15) is 4.79 Å². The van der Waals surface area contributed by atoms with Gasteiger partial charge in [0.2, 0.25) is 0 Å². The number of rotatable bonds is 5. The molecule has 21 heavy (non-hydrogen) atoms. The predicted octanol–water partition coefficient (Wildman–Crippen LogP) is 3.80. The number of aryl methyl sites for hydroxylation is 2. The third kappa shape index (κ3) is 3.66. The minimum atomic E-state index is -0.166. The van der Waals surface area contributed by atoms with Crippen LogP contribution < -0.4 is 5.32 Å². The number of nitrogens with zero attached hydrogens (tertiary/aromatic N) is 2. The molecule has 2 aromatic rings. The fourth-order valence-electron chi connectivity index (χ4n) is 2.11. The van der Waals surface area contributed by atoms with Crippen LogP contribution >= 0.6 is 22.9 Å². The van der Waals surface area contributed by atoms with Crippen LogP contribution in [0.1, 0.15) is 40.3 Å². The molecule has 0 radical (unpaired) electrons. The molecule has 0 aromatic carbocycles. The van der Waals surface area contributed by atoms with Crippen molar-refractivity contribution in [3.05, 3.63) is 38.3 Å². The Kier molecular flexibility index (Phi) is 5.06. The zero-order chi connectivity index (χ0) is 15.6. The smallest absolute Gasteiger partial charge is 0.256 e. The van der Waals surface area contributed by atoms with E-state index in [2.05, 4.69) is 24.3 Å². The number of carbonyl (C=O) groups excluding carboxylic acids is 1. The van der Waals surface area contributed by atoms with Crippen LogP contribution in [-0.4, -0.2) is 15.7 Å². The second kappa shape index (κ2) is 6.62. The molecule has 0 bridgehead atoms. The maximum Gasteiger partial charge on any atom is 0.256 e. The van der Waals surface area contributed by atoms with Gasteiger partial charge in [-0.2, -0.15) is 5.10 Å². The Bertz CT molecular complexity index is 645. The Labute approximate surface area is 134 Å². The highest BCUT2D eigenvalue weighted by Gasteiger charge is 2.20. The molecule has 0 fully saturated rings. The summed E-state index contributed by atoms with van der Waals surface area (Å²) in [5.41, 5.74) is 2.34. The third-order valence-corrected chi connectivity index (χ3v) is 4.62. The number of hydrogen-bond donors (Lipinski definition) is 1. The summed E-state index contributed by atoms with van der Waals surface area (Å²) in [4.78, 5) is 13.5. The van der Waals surface area contributed by atoms with Crippen molar-refractivity contribution in [1.29, 1.82) is 0 Å². The molecule has 4 nitrogen and oxygen atoms in total. The van der Waals surface area contributed by atoms with Crippen LogP contribution in [0.15, 0.2) is 11.4 Å². The second-order valence-corrected chi connectivity index (χ2v) is 6.90. The zero-order valence-electron chi connectivity index (χ0n) is 12.7. The van der Waals surface area contributed by atoms with Crippen LogP contribution in [0.25, 0.3) is 0 Å². The number of hydrogen-bond acceptors (Lipinski definition) is 3. The topological polar surface area (TPSA) is 46.9 Å². The highest BCUT2D eigenvalue weighted by Crippen LogP contribution is 2.21. The Morgan fingerprint density at radius 1 is 1.48 bits per heavy atom. The zero-order valence-corrected chi connectivity index (χ0v) is 14.3. The maximum absolute atomic E-state index is 12.3. The van der Waals surface area contributed by atoms with Gasteiger partial charge in [-0.15, -0.1) is 11.3 Å². The van der Waals surface area contributed by atoms with Crippen molar-refractivity contribution in [2.24, 2.45) is 5.92 Å². The van der Waals surface area contributed by atoms with Gasteiger partial charge in [-0.1, -0.05) is 25.4 Å². The van der Waals surface area contributed by atoms with Crippen molar-refractivity contribution in [3.8, 4) is 0 Å². The molecule has 0 aliphatic carbocycles. The third-order valence-electron chi connectivity index (χ3n) is 3.21. The molecule has 6 heteroatoms. The lowest BCUT2D eigenvalue weighted by Gasteiger charge is -2.07. The van der Waals surface area contributed by atoms with Crippen molar-refractivity contribution >= 4 is 28.8 Å². The molecule has 0 spiro atoms. The van der Waals surface area contributed by atoms with E-state index < -0.39 is 0 Å². The van der Waals surface area contributed by atoms with Gasteiger partial charge in [0.1, 0.15) is 5.15 Å². The first-order valence-corrected chi connectivity index (χ1v) is 8.20. The number of halogens is 1. The van der Waals surface area contributed by atoms with Crippen LogP contribution in [0.3, 0.4) is 0 Å². The summed E-state index contributed by atoms with van der Waals surface area (Å²) in [7, 11) is 0. The van der Waals surface area contributed by atoms with Crippen molar-refractivity contribution in [2.45, 2.75) is 40.8 Å². The standard InChI is InChI=1S/C15H20ClN3OS/c1-9(2)8-19-14(16)13(11(4)18-19)15(20)17-7-12-10(3)5-6-21-12/h5-6,9H,7-8H2,1-4H3,(H,17,20). The summed E-state index contributed by atoms with van der Waals surface area (Å²) in [5.74, 6) is 0.256. The fraction of sp³-hybridized carbons (Fsp3) is 0.467. The molecule has 0 saturated heterocycles. The molecule has 0 unspecified atom stereocenters. The predicted molar refractivity (Wildman–Crippen MR) is 87.0 cm³/mol. The molecule has 0 saturated carbocycles. The summed E-state index contributed by atoms with van der Waals surface area (Å²) >= 11 is 7.94. The van der Waals surface area contributed by atoms with E-state index in [4.69, 9.17) is 11.6 Å². The van der Waals surface area contributed by atoms with E-state index in [-0.39, 0.29) is 5.91 Å². The average Bonchev–Trinajstić information content (AvgIpc) is 2.91. The normalized spacial score (nSPS) is 11.1. The number of nitrogens with one attached hydrogen (secondary N) is 1. The SMILES string of the molecule is Cc1ccsc1CNC(=O)c1c(C)nn(CC(C)C)c1Cl. The number of thiophene rings is 1. The van der Waals surface area contributed by atoms with E-state index in [1.165, 1.54) is 5.56 Å². The van der Waals surface area contributed by atoms with Gasteiger partial charge in [0.25, 0.3) is 5.91 Å². The van der Waals surface area contributed by atoms with E-state index in [0.29, 0.717) is 35.4 Å². The monoisotopic (exact) mass is 325 g/mol. The largest absolute Gasteiger partial charge is 0.347 e. The van der Waals surface area contributed by atoms with Crippen LogP contribution in [0.5, 0.6) is 0 Å². The molecule has 0 atom stereocenters. The lowest BCUT2D eigenvalue weighted by atomic mass is 10.2. The Balaban J connectivity index is 2.12. The fourth-order valence-corrected chi connectivity index (χ4v) is 3.29. The van der Waals surface area contributed by atoms with Gasteiger partial charge < -0.3 is 5.32 Å². The van der Waals surface area contributed by atoms with E-state index >= 15 is 0 Å². The second-order valence-electron chi connectivity index (χ2n) is 5.54. The van der Waals surface area contributed by atoms with E-state index in [1.54, 1.807) is 16.0 Å². The minimum absolute atomic E-state index is 0.166. The average molecular weight is 326 g/mol. The maximum atomic E-state index is 12.3. The lowest BCUT2D eigenvalue weighted by molar-refractivity contribution is 0.0950. The first-order valence-electron chi connectivity index (χ1n) is 6.94. The molecule has 0 aliphatic heterocycles. The van der Waals surface area contributed by atoms with Crippen LogP contribution in [0.4, 0.5) is 0 Å². The molecule has 0 aliphatic rings. The number of carbonyl (C=O) groups is 1. The molecule has 114 valence electrons. The van der Waals surface area contributed by atoms with Crippen molar-refractivity contribution in [2.75, 3.05) is 0 Å². The van der Waals surface area contributed by atoms with Gasteiger partial charge in [-0.05, 0) is 36.8 Å². The van der Waals surface area contributed by atoms with Crippen LogP contribution in [0, 0.1) is 19.8 Å². The number of amides is 1. The molecule has 2 aromatic heterocycles. The van der Waals surface area contributed by atoms with Gasteiger partial charge in [0, 0.05) is 11.4 Å². The lowest BCUT2D eigenvalue weighted by Crippen LogP contribution is -2.23. The summed E-state index contributed by atoms with van der Waals surface area (Å²) in [6, 6.07) is 2.05. The van der Waals surface area contributed by atoms with Gasteiger partial charge in [-0.25, -0.2) is 0 Å². The van der Waals surface area contributed by atoms with Crippen molar-refractivity contribution in [1.82, 2.24) is 15.1 Å². The highest BCUT2D eigenvalue weighted by atomic mass is 35.5. The van der Waals surface area contributed by atoms with Crippen molar-refractivity contribution in [3.63, 3.8) is 0 Å². The summed E-state index contributed by atoms with van der Waals surface area (Å²) < 4.78 is 1.70. The van der Waals surface area contributed by atoms with Crippen LogP contribution in [0.2, 0.25) is 5.15 Å². The Morgan fingerprint density at radius 2 is 2.19 bits per heavy atom. The van der Waals surface area contributed by atoms with Gasteiger partial charge in [0.15, 0.2) is 0 Å². The number of aromatic nitrogens is 2. The van der Waals surface area contributed by atoms with E-state index in [1.807, 2.05) is 25.3 Å². The molecule has 1 N–H and O–H groups in total. The van der Waals surface area contributed by atoms with Crippen LogP contribution in [-0.2, 0) is 13.1 Å². The minimum Gasteiger partial charge on any atom is -0.347 e. The summed E-state index contributed by atoms with van der Waals surface area (Å²) in [6.45, 7) is 9.26. The Hall–Kier alpha value is -1.33. The Morgan fingerprint density at radius 3 is 2.76 bits per heavy atom. The summed E-state index contributed by atoms with van der Waals surface area (Å²) in [6.07, 6.45) is 0. The quantitative estimate of drug-likeness (QED) is 0.908. The van der Waals surface area contributed by atoms with E-state index in [0.717, 1.165) is 4.88 Å². The molecule has 2 heterocycles. The first-order chi connectivity index (χ1) is 9.90. The highest BCUT2D eigenvalue weighted by molar-refractivity contribution is 7.10. The van der Waals surface area contributed by atoms with Gasteiger partial charge in [-0.3, -0.25) is 9.48 Å². The summed E-state index contributed by atoms with van der Waals surface area (Å²) in [5, 5.41) is 9.73. The molecular weight excluding hydrogens is 306 g/mol.